The zero-order chi connectivity index (χ0) is 17.6. The molecule has 1 atom stereocenters. The number of carbonyl (C=O) groups is 1. The van der Waals surface area contributed by atoms with E-state index in [2.05, 4.69) is 65.6 Å². The first-order chi connectivity index (χ1) is 10.6. The Balaban J connectivity index is 2.89. The van der Waals surface area contributed by atoms with E-state index in [1.807, 2.05) is 30.3 Å². The molecule has 1 aromatic rings. The van der Waals surface area contributed by atoms with E-state index in [1.165, 1.54) is 0 Å². The fourth-order valence-electron chi connectivity index (χ4n) is 2.18. The molecule has 0 saturated heterocycles. The summed E-state index contributed by atoms with van der Waals surface area (Å²) in [4.78, 5) is 14.1. The Morgan fingerprint density at radius 3 is 2.30 bits per heavy atom. The number of alkyl halides is 2. The third-order valence-electron chi connectivity index (χ3n) is 3.34. The molecular formula is C18H25I2NO2. The Bertz CT molecular complexity index is 527. The number of likely N-dealkylation sites (N-methyl/N-ethyl adjacent to an activating group) is 1. The van der Waals surface area contributed by atoms with E-state index in [1.54, 1.807) is 19.0 Å². The third kappa shape index (κ3) is 6.99. The number of nitrogens with zero attached hydrogens (tertiary/aromatic N) is 1. The van der Waals surface area contributed by atoms with Crippen LogP contribution in [0.3, 0.4) is 0 Å². The van der Waals surface area contributed by atoms with Gasteiger partial charge in [0.2, 0.25) is 0 Å². The molecule has 0 bridgehead atoms. The second-order valence-electron chi connectivity index (χ2n) is 6.25. The Morgan fingerprint density at radius 2 is 1.83 bits per heavy atom. The molecule has 0 spiro atoms. The predicted molar refractivity (Wildman–Crippen MR) is 113 cm³/mol. The topological polar surface area (TPSA) is 29.5 Å². The smallest absolute Gasteiger partial charge is 0.263 e. The Kier molecular flexibility index (Phi) is 8.33. The van der Waals surface area contributed by atoms with Crippen molar-refractivity contribution in [1.82, 2.24) is 4.90 Å². The SMILES string of the molecule is C=C(O[C@H](Cc1ccccc1)C(=O)N(C)C)C(I)(I)CC(C)C. The average Bonchev–Trinajstić information content (AvgIpc) is 2.45. The van der Waals surface area contributed by atoms with Crippen molar-refractivity contribution in [3.63, 3.8) is 0 Å². The van der Waals surface area contributed by atoms with E-state index in [0.29, 0.717) is 18.1 Å². The van der Waals surface area contributed by atoms with Gasteiger partial charge in [-0.3, -0.25) is 4.79 Å². The van der Waals surface area contributed by atoms with Crippen LogP contribution in [0.5, 0.6) is 0 Å². The van der Waals surface area contributed by atoms with Gasteiger partial charge in [0.15, 0.2) is 6.10 Å². The van der Waals surface area contributed by atoms with Crippen molar-refractivity contribution in [2.75, 3.05) is 14.1 Å². The molecule has 0 aromatic heterocycles. The molecule has 0 aliphatic carbocycles. The monoisotopic (exact) mass is 541 g/mol. The summed E-state index contributed by atoms with van der Waals surface area (Å²) in [6, 6.07) is 9.94. The molecule has 1 amide bonds. The van der Waals surface area contributed by atoms with Crippen LogP contribution in [-0.4, -0.2) is 32.4 Å². The van der Waals surface area contributed by atoms with E-state index in [4.69, 9.17) is 4.74 Å². The molecule has 3 nitrogen and oxygen atoms in total. The number of hydrogen-bond acceptors (Lipinski definition) is 2. The van der Waals surface area contributed by atoms with Crippen molar-refractivity contribution < 1.29 is 9.53 Å². The van der Waals surface area contributed by atoms with E-state index in [-0.39, 0.29) is 7.34 Å². The first-order valence-corrected chi connectivity index (χ1v) is 9.78. The minimum absolute atomic E-state index is 0.0387. The zero-order valence-electron chi connectivity index (χ0n) is 14.2. The summed E-state index contributed by atoms with van der Waals surface area (Å²) in [5.41, 5.74) is 1.08. The van der Waals surface area contributed by atoms with Crippen molar-refractivity contribution in [2.24, 2.45) is 5.92 Å². The molecule has 0 N–H and O–H groups in total. The van der Waals surface area contributed by atoms with E-state index in [0.717, 1.165) is 12.0 Å². The first-order valence-electron chi connectivity index (χ1n) is 7.62. The first kappa shape index (κ1) is 20.7. The van der Waals surface area contributed by atoms with Crippen molar-refractivity contribution >= 4 is 51.1 Å². The van der Waals surface area contributed by atoms with E-state index in [9.17, 15) is 4.79 Å². The molecular weight excluding hydrogens is 516 g/mol. The molecule has 5 heteroatoms. The van der Waals surface area contributed by atoms with Crippen LogP contribution in [0.15, 0.2) is 42.7 Å². The normalized spacial score (nSPS) is 12.8. The Hall–Kier alpha value is -0.310. The lowest BCUT2D eigenvalue weighted by molar-refractivity contribution is -0.138. The highest BCUT2D eigenvalue weighted by Crippen LogP contribution is 2.41. The number of halogens is 2. The van der Waals surface area contributed by atoms with E-state index >= 15 is 0 Å². The van der Waals surface area contributed by atoms with Gasteiger partial charge in [-0.25, -0.2) is 0 Å². The summed E-state index contributed by atoms with van der Waals surface area (Å²) in [6.07, 6.45) is 0.944. The quantitative estimate of drug-likeness (QED) is 0.268. The lowest BCUT2D eigenvalue weighted by atomic mass is 10.1. The summed E-state index contributed by atoms with van der Waals surface area (Å²) in [5.74, 6) is 1.15. The summed E-state index contributed by atoms with van der Waals surface area (Å²) >= 11 is 4.72. The molecule has 1 aromatic carbocycles. The highest BCUT2D eigenvalue weighted by Gasteiger charge is 2.33. The number of allylic oxidation sites excluding steroid dienone is 1. The highest BCUT2D eigenvalue weighted by molar-refractivity contribution is 14.2. The standard InChI is InChI=1S/C18H25I2NO2/c1-13(2)12-18(19,20)14(3)23-16(17(22)21(4)5)11-15-9-7-6-8-10-15/h6-10,13,16H,3,11-12H2,1-2,4-5H3/t16-/m1/s1. The van der Waals surface area contributed by atoms with Gasteiger partial charge in [-0.05, 0) is 17.9 Å². The van der Waals surface area contributed by atoms with Crippen LogP contribution in [0.2, 0.25) is 0 Å². The summed E-state index contributed by atoms with van der Waals surface area (Å²) in [7, 11) is 3.50. The second kappa shape index (κ2) is 9.25. The zero-order valence-corrected chi connectivity index (χ0v) is 18.5. The lowest BCUT2D eigenvalue weighted by Gasteiger charge is -2.30. The fraction of sp³-hybridized carbons (Fsp3) is 0.500. The van der Waals surface area contributed by atoms with Gasteiger partial charge in [-0.2, -0.15) is 0 Å². The van der Waals surface area contributed by atoms with Crippen LogP contribution in [-0.2, 0) is 16.0 Å². The maximum atomic E-state index is 12.5. The van der Waals surface area contributed by atoms with Crippen molar-refractivity contribution in [3.05, 3.63) is 48.2 Å². The molecule has 0 unspecified atom stereocenters. The number of amides is 1. The molecule has 0 saturated carbocycles. The molecule has 0 aliphatic heterocycles. The molecule has 128 valence electrons. The van der Waals surface area contributed by atoms with Gasteiger partial charge in [-0.15, -0.1) is 0 Å². The number of benzene rings is 1. The van der Waals surface area contributed by atoms with Gasteiger partial charge >= 0.3 is 0 Å². The minimum Gasteiger partial charge on any atom is -0.483 e. The number of ether oxygens (including phenoxy) is 1. The Morgan fingerprint density at radius 1 is 1.26 bits per heavy atom. The van der Waals surface area contributed by atoms with Crippen molar-refractivity contribution in [3.8, 4) is 0 Å². The fourth-order valence-corrected chi connectivity index (χ4v) is 4.20. The molecule has 1 rings (SSSR count). The molecule has 0 radical (unpaired) electrons. The largest absolute Gasteiger partial charge is 0.483 e. The average molecular weight is 541 g/mol. The van der Waals surface area contributed by atoms with Crippen LogP contribution < -0.4 is 0 Å². The molecule has 0 heterocycles. The van der Waals surface area contributed by atoms with Crippen molar-refractivity contribution in [1.29, 1.82) is 0 Å². The second-order valence-corrected chi connectivity index (χ2v) is 12.0. The summed E-state index contributed by atoms with van der Waals surface area (Å²) < 4.78 is 5.83. The van der Waals surface area contributed by atoms with Crippen LogP contribution in [0.1, 0.15) is 25.8 Å². The third-order valence-corrected chi connectivity index (χ3v) is 5.42. The number of carbonyl (C=O) groups excluding carboxylic acids is 1. The van der Waals surface area contributed by atoms with Crippen LogP contribution in [0.25, 0.3) is 0 Å². The van der Waals surface area contributed by atoms with Gasteiger partial charge in [0, 0.05) is 20.5 Å². The number of hydrogen-bond donors (Lipinski definition) is 0. The predicted octanol–water partition coefficient (Wildman–Crippen LogP) is 4.83. The maximum Gasteiger partial charge on any atom is 0.263 e. The Labute approximate surface area is 167 Å². The maximum absolute atomic E-state index is 12.5. The molecule has 23 heavy (non-hydrogen) atoms. The summed E-state index contributed by atoms with van der Waals surface area (Å²) in [6.45, 7) is 8.44. The minimum atomic E-state index is -0.545. The van der Waals surface area contributed by atoms with Gasteiger partial charge in [-0.1, -0.05) is 95.9 Å². The van der Waals surface area contributed by atoms with Gasteiger partial charge in [0.1, 0.15) is 7.19 Å². The van der Waals surface area contributed by atoms with Crippen LogP contribution in [0.4, 0.5) is 0 Å². The van der Waals surface area contributed by atoms with E-state index < -0.39 is 6.10 Å². The van der Waals surface area contributed by atoms with Crippen molar-refractivity contribution in [2.45, 2.75) is 34.2 Å². The lowest BCUT2D eigenvalue weighted by Crippen LogP contribution is -2.38. The van der Waals surface area contributed by atoms with Gasteiger partial charge in [0.05, 0.1) is 0 Å². The molecule has 0 fully saturated rings. The number of rotatable bonds is 8. The van der Waals surface area contributed by atoms with Crippen LogP contribution in [0, 0.1) is 5.92 Å². The highest BCUT2D eigenvalue weighted by atomic mass is 127. The molecule has 0 aliphatic rings. The van der Waals surface area contributed by atoms with Crippen LogP contribution >= 0.6 is 45.2 Å². The summed E-state index contributed by atoms with van der Waals surface area (Å²) in [5, 5.41) is 0. The van der Waals surface area contributed by atoms with Gasteiger partial charge in [0.25, 0.3) is 5.91 Å². The van der Waals surface area contributed by atoms with Gasteiger partial charge < -0.3 is 9.64 Å².